The summed E-state index contributed by atoms with van der Waals surface area (Å²) in [4.78, 5) is 26.4. The van der Waals surface area contributed by atoms with Crippen LogP contribution in [0, 0.1) is 12.3 Å². The molecule has 2 rings (SSSR count). The van der Waals surface area contributed by atoms with Crippen LogP contribution in [0.15, 0.2) is 17.5 Å². The van der Waals surface area contributed by atoms with Gasteiger partial charge in [0.25, 0.3) is 0 Å². The van der Waals surface area contributed by atoms with Crippen LogP contribution in [0.25, 0.3) is 0 Å². The van der Waals surface area contributed by atoms with Gasteiger partial charge in [0.2, 0.25) is 11.8 Å². The average Bonchev–Trinajstić information content (AvgIpc) is 3.16. The van der Waals surface area contributed by atoms with Crippen LogP contribution in [0.5, 0.6) is 0 Å². The van der Waals surface area contributed by atoms with Gasteiger partial charge < -0.3 is 15.3 Å². The summed E-state index contributed by atoms with van der Waals surface area (Å²) >= 11 is 1.51. The number of nitrogens with zero attached hydrogens (tertiary/aromatic N) is 1. The van der Waals surface area contributed by atoms with Crippen LogP contribution >= 0.6 is 11.3 Å². The number of carbonyl (C=O) groups excluding carboxylic acids is 2. The van der Waals surface area contributed by atoms with Crippen LogP contribution in [0.4, 0.5) is 0 Å². The van der Waals surface area contributed by atoms with Crippen LogP contribution in [-0.4, -0.2) is 41.0 Å². The fourth-order valence-corrected chi connectivity index (χ4v) is 3.44. The molecule has 1 aliphatic rings. The van der Waals surface area contributed by atoms with Crippen molar-refractivity contribution in [1.82, 2.24) is 10.2 Å². The number of terminal acetylenes is 1. The van der Waals surface area contributed by atoms with Crippen molar-refractivity contribution in [2.24, 2.45) is 0 Å². The molecule has 0 saturated carbocycles. The molecule has 0 spiro atoms. The fraction of sp³-hybridized carbons (Fsp3) is 0.500. The van der Waals surface area contributed by atoms with E-state index in [1.807, 2.05) is 17.5 Å². The molecule has 1 aliphatic heterocycles. The third kappa shape index (κ3) is 4.33. The molecular formula is C16H20N2O3S. The maximum Gasteiger partial charge on any atom is 0.232 e. The molecule has 2 atom stereocenters. The van der Waals surface area contributed by atoms with Gasteiger partial charge in [0.05, 0.1) is 12.6 Å². The third-order valence-corrected chi connectivity index (χ3v) is 4.74. The molecule has 1 aromatic heterocycles. The first kappa shape index (κ1) is 16.5. The molecule has 2 N–H and O–H groups in total. The van der Waals surface area contributed by atoms with Crippen molar-refractivity contribution in [1.29, 1.82) is 0 Å². The molecule has 118 valence electrons. The Labute approximate surface area is 134 Å². The average molecular weight is 320 g/mol. The number of aliphatic hydroxyl groups is 1. The number of likely N-dealkylation sites (tertiary alicyclic amines) is 1. The zero-order valence-corrected chi connectivity index (χ0v) is 13.1. The molecular weight excluding hydrogens is 300 g/mol. The van der Waals surface area contributed by atoms with Gasteiger partial charge in [-0.1, -0.05) is 12.0 Å². The number of aliphatic hydroxyl groups excluding tert-OH is 1. The third-order valence-electron chi connectivity index (χ3n) is 3.76. The molecule has 2 amide bonds. The molecule has 0 aromatic carbocycles. The second kappa shape index (κ2) is 7.97. The SMILES string of the molecule is C#CCNC(=O)CC(=O)N1CCCC1CC(O)c1cccs1. The van der Waals surface area contributed by atoms with Gasteiger partial charge in [-0.2, -0.15) is 0 Å². The Balaban J connectivity index is 1.88. The minimum absolute atomic E-state index is 0.00923. The van der Waals surface area contributed by atoms with Gasteiger partial charge in [0, 0.05) is 17.5 Å². The van der Waals surface area contributed by atoms with Crippen molar-refractivity contribution in [3.63, 3.8) is 0 Å². The van der Waals surface area contributed by atoms with Gasteiger partial charge in [0.15, 0.2) is 0 Å². The van der Waals surface area contributed by atoms with E-state index in [4.69, 9.17) is 6.42 Å². The monoisotopic (exact) mass is 320 g/mol. The lowest BCUT2D eigenvalue weighted by Gasteiger charge is -2.26. The number of rotatable bonds is 6. The molecule has 1 saturated heterocycles. The van der Waals surface area contributed by atoms with E-state index >= 15 is 0 Å². The lowest BCUT2D eigenvalue weighted by Crippen LogP contribution is -2.39. The Morgan fingerprint density at radius 2 is 2.41 bits per heavy atom. The Morgan fingerprint density at radius 1 is 1.59 bits per heavy atom. The predicted molar refractivity (Wildman–Crippen MR) is 85.1 cm³/mol. The van der Waals surface area contributed by atoms with Crippen molar-refractivity contribution in [3.8, 4) is 12.3 Å². The summed E-state index contributed by atoms with van der Waals surface area (Å²) in [6, 6.07) is 3.78. The number of nitrogens with one attached hydrogen (secondary N) is 1. The van der Waals surface area contributed by atoms with Crippen LogP contribution in [0.2, 0.25) is 0 Å². The van der Waals surface area contributed by atoms with Gasteiger partial charge in [0.1, 0.15) is 6.42 Å². The number of amides is 2. The molecule has 1 fully saturated rings. The van der Waals surface area contributed by atoms with Gasteiger partial charge >= 0.3 is 0 Å². The van der Waals surface area contributed by atoms with Crippen LogP contribution in [0.3, 0.4) is 0 Å². The van der Waals surface area contributed by atoms with Gasteiger partial charge in [-0.15, -0.1) is 17.8 Å². The topological polar surface area (TPSA) is 69.6 Å². The molecule has 0 bridgehead atoms. The van der Waals surface area contributed by atoms with Gasteiger partial charge in [-0.05, 0) is 30.7 Å². The number of hydrogen-bond acceptors (Lipinski definition) is 4. The van der Waals surface area contributed by atoms with Gasteiger partial charge in [-0.3, -0.25) is 9.59 Å². The summed E-state index contributed by atoms with van der Waals surface area (Å²) in [5.41, 5.74) is 0. The van der Waals surface area contributed by atoms with Crippen molar-refractivity contribution in [2.45, 2.75) is 37.8 Å². The van der Waals surface area contributed by atoms with E-state index in [2.05, 4.69) is 11.2 Å². The number of thiophene rings is 1. The minimum Gasteiger partial charge on any atom is -0.387 e. The highest BCUT2D eigenvalue weighted by Crippen LogP contribution is 2.29. The molecule has 0 aliphatic carbocycles. The molecule has 5 nitrogen and oxygen atoms in total. The van der Waals surface area contributed by atoms with Crippen molar-refractivity contribution < 1.29 is 14.7 Å². The van der Waals surface area contributed by atoms with E-state index in [9.17, 15) is 14.7 Å². The summed E-state index contributed by atoms with van der Waals surface area (Å²) in [6.45, 7) is 0.774. The molecule has 1 aromatic rings. The van der Waals surface area contributed by atoms with E-state index in [1.165, 1.54) is 11.3 Å². The van der Waals surface area contributed by atoms with E-state index in [0.717, 1.165) is 17.7 Å². The smallest absolute Gasteiger partial charge is 0.232 e. The lowest BCUT2D eigenvalue weighted by molar-refractivity contribution is -0.136. The highest BCUT2D eigenvalue weighted by atomic mass is 32.1. The lowest BCUT2D eigenvalue weighted by atomic mass is 10.1. The molecule has 22 heavy (non-hydrogen) atoms. The fourth-order valence-electron chi connectivity index (χ4n) is 2.71. The largest absolute Gasteiger partial charge is 0.387 e. The maximum absolute atomic E-state index is 12.2. The van der Waals surface area contributed by atoms with Crippen molar-refractivity contribution in [2.75, 3.05) is 13.1 Å². The number of hydrogen-bond donors (Lipinski definition) is 2. The second-order valence-electron chi connectivity index (χ2n) is 5.31. The Kier molecular flexibility index (Phi) is 5.99. The molecule has 2 unspecified atom stereocenters. The van der Waals surface area contributed by atoms with Crippen molar-refractivity contribution >= 4 is 23.2 Å². The predicted octanol–water partition coefficient (Wildman–Crippen LogP) is 1.30. The van der Waals surface area contributed by atoms with Crippen LogP contribution in [0.1, 0.15) is 36.7 Å². The van der Waals surface area contributed by atoms with Crippen LogP contribution in [-0.2, 0) is 9.59 Å². The summed E-state index contributed by atoms with van der Waals surface area (Å²) in [5, 5.41) is 14.7. The zero-order chi connectivity index (χ0) is 15.9. The molecule has 0 radical (unpaired) electrons. The first-order chi connectivity index (χ1) is 10.6. The normalized spacial score (nSPS) is 18.7. The second-order valence-corrected chi connectivity index (χ2v) is 6.29. The minimum atomic E-state index is -0.561. The first-order valence-corrected chi connectivity index (χ1v) is 8.21. The Hall–Kier alpha value is -1.84. The Bertz CT molecular complexity index is 550. The maximum atomic E-state index is 12.2. The van der Waals surface area contributed by atoms with Crippen molar-refractivity contribution in [3.05, 3.63) is 22.4 Å². The van der Waals surface area contributed by atoms with E-state index in [-0.39, 0.29) is 30.8 Å². The molecule has 2 heterocycles. The number of carbonyl (C=O) groups is 2. The van der Waals surface area contributed by atoms with Gasteiger partial charge in [-0.25, -0.2) is 0 Å². The van der Waals surface area contributed by atoms with E-state index < -0.39 is 6.10 Å². The summed E-state index contributed by atoms with van der Waals surface area (Å²) < 4.78 is 0. The summed E-state index contributed by atoms with van der Waals surface area (Å²) in [5.74, 6) is 1.75. The summed E-state index contributed by atoms with van der Waals surface area (Å²) in [7, 11) is 0. The van der Waals surface area contributed by atoms with E-state index in [1.54, 1.807) is 4.90 Å². The quantitative estimate of drug-likeness (QED) is 0.613. The highest BCUT2D eigenvalue weighted by molar-refractivity contribution is 7.10. The van der Waals surface area contributed by atoms with E-state index in [0.29, 0.717) is 13.0 Å². The Morgan fingerprint density at radius 3 is 3.09 bits per heavy atom. The van der Waals surface area contributed by atoms with Crippen LogP contribution < -0.4 is 5.32 Å². The highest BCUT2D eigenvalue weighted by Gasteiger charge is 2.31. The molecule has 6 heteroatoms. The summed E-state index contributed by atoms with van der Waals surface area (Å²) in [6.07, 6.45) is 6.59. The standard InChI is InChI=1S/C16H20N2O3S/c1-2-7-17-15(20)11-16(21)18-8-3-5-12(18)10-13(19)14-6-4-9-22-14/h1,4,6,9,12-13,19H,3,5,7-8,10-11H2,(H,17,20). The zero-order valence-electron chi connectivity index (χ0n) is 12.3. The first-order valence-electron chi connectivity index (χ1n) is 7.33.